The van der Waals surface area contributed by atoms with Crippen LogP contribution in [0.25, 0.3) is 0 Å². The van der Waals surface area contributed by atoms with Crippen LogP contribution >= 0.6 is 39.0 Å². The van der Waals surface area contributed by atoms with Gasteiger partial charge in [-0.3, -0.25) is 0 Å². The van der Waals surface area contributed by atoms with Crippen LogP contribution in [0.5, 0.6) is 0 Å². The molecule has 118 valence electrons. The van der Waals surface area contributed by atoms with Gasteiger partial charge in [0.25, 0.3) is 0 Å². The summed E-state index contributed by atoms with van der Waals surface area (Å²) in [5.74, 6) is 1.14. The first kappa shape index (κ1) is 16.3. The molecular weight excluding hydrogens is 392 g/mol. The van der Waals surface area contributed by atoms with Crippen LogP contribution in [0.1, 0.15) is 30.6 Å². The molecule has 2 heterocycles. The van der Waals surface area contributed by atoms with Crippen LogP contribution in [0, 0.1) is 0 Å². The summed E-state index contributed by atoms with van der Waals surface area (Å²) >= 11 is 6.75. The highest BCUT2D eigenvalue weighted by molar-refractivity contribution is 9.11. The van der Waals surface area contributed by atoms with E-state index in [1.807, 2.05) is 11.8 Å². The van der Waals surface area contributed by atoms with Gasteiger partial charge in [0.2, 0.25) is 10.0 Å². The molecule has 3 rings (SSSR count). The van der Waals surface area contributed by atoms with E-state index >= 15 is 0 Å². The number of thioether (sulfide) groups is 1. The molecule has 1 aliphatic heterocycles. The molecule has 2 aliphatic rings. The number of sulfonamides is 1. The van der Waals surface area contributed by atoms with Crippen LogP contribution in [0.4, 0.5) is 0 Å². The lowest BCUT2D eigenvalue weighted by atomic mass is 10.2. The Morgan fingerprint density at radius 2 is 2.14 bits per heavy atom. The minimum absolute atomic E-state index is 0.378. The van der Waals surface area contributed by atoms with Crippen molar-refractivity contribution in [3.05, 3.63) is 14.7 Å². The third kappa shape index (κ3) is 4.45. The maximum atomic E-state index is 12.4. The molecule has 0 radical (unpaired) electrons. The van der Waals surface area contributed by atoms with Crippen molar-refractivity contribution >= 4 is 49.1 Å². The van der Waals surface area contributed by atoms with Crippen LogP contribution in [0.2, 0.25) is 0 Å². The molecule has 2 fully saturated rings. The summed E-state index contributed by atoms with van der Waals surface area (Å²) in [6.45, 7) is 1.28. The zero-order chi connectivity index (χ0) is 14.9. The number of hydrogen-bond donors (Lipinski definition) is 2. The molecule has 2 N–H and O–H groups in total. The van der Waals surface area contributed by atoms with E-state index in [1.165, 1.54) is 30.6 Å². The van der Waals surface area contributed by atoms with Gasteiger partial charge in [-0.05, 0) is 53.4 Å². The highest BCUT2D eigenvalue weighted by Crippen LogP contribution is 2.33. The molecule has 1 aromatic rings. The quantitative estimate of drug-likeness (QED) is 0.725. The van der Waals surface area contributed by atoms with Crippen LogP contribution < -0.4 is 10.0 Å². The molecule has 1 atom stereocenters. The van der Waals surface area contributed by atoms with Crippen LogP contribution in [-0.2, 0) is 16.6 Å². The molecule has 1 aromatic heterocycles. The third-order valence-electron chi connectivity index (χ3n) is 3.66. The Kier molecular flexibility index (Phi) is 5.33. The molecule has 1 aliphatic carbocycles. The van der Waals surface area contributed by atoms with Gasteiger partial charge in [-0.15, -0.1) is 11.3 Å². The van der Waals surface area contributed by atoms with E-state index in [9.17, 15) is 8.42 Å². The molecule has 0 bridgehead atoms. The first-order chi connectivity index (χ1) is 10.0. The molecule has 1 unspecified atom stereocenters. The van der Waals surface area contributed by atoms with Crippen molar-refractivity contribution in [2.24, 2.45) is 0 Å². The Labute approximate surface area is 142 Å². The number of thiophene rings is 1. The van der Waals surface area contributed by atoms with Gasteiger partial charge in [0, 0.05) is 29.3 Å². The zero-order valence-electron chi connectivity index (χ0n) is 11.6. The molecular formula is C13H19BrN2O2S3. The van der Waals surface area contributed by atoms with E-state index in [1.54, 1.807) is 6.07 Å². The smallest absolute Gasteiger partial charge is 0.242 e. The number of nitrogens with one attached hydrogen (secondary N) is 2. The second kappa shape index (κ2) is 6.88. The lowest BCUT2D eigenvalue weighted by Crippen LogP contribution is -2.29. The van der Waals surface area contributed by atoms with E-state index in [4.69, 9.17) is 0 Å². The SMILES string of the molecule is O=S(=O)(NCC1CCCS1)c1cc(CNC2CC2)sc1Br. The fourth-order valence-corrected chi connectivity index (χ4v) is 7.31. The van der Waals surface area contributed by atoms with E-state index in [-0.39, 0.29) is 0 Å². The van der Waals surface area contributed by atoms with Crippen molar-refractivity contribution in [1.29, 1.82) is 0 Å². The third-order valence-corrected chi connectivity index (χ3v) is 8.74. The first-order valence-electron chi connectivity index (χ1n) is 7.17. The molecule has 0 aromatic carbocycles. The minimum Gasteiger partial charge on any atom is -0.309 e. The van der Waals surface area contributed by atoms with E-state index in [0.29, 0.717) is 26.5 Å². The van der Waals surface area contributed by atoms with Crippen LogP contribution in [0.15, 0.2) is 14.7 Å². The van der Waals surface area contributed by atoms with E-state index in [0.717, 1.165) is 23.6 Å². The number of halogens is 1. The van der Waals surface area contributed by atoms with Crippen molar-refractivity contribution in [1.82, 2.24) is 10.0 Å². The van der Waals surface area contributed by atoms with E-state index in [2.05, 4.69) is 26.0 Å². The summed E-state index contributed by atoms with van der Waals surface area (Å²) in [4.78, 5) is 1.44. The molecule has 4 nitrogen and oxygen atoms in total. The highest BCUT2D eigenvalue weighted by Gasteiger charge is 2.25. The van der Waals surface area contributed by atoms with Gasteiger partial charge < -0.3 is 5.32 Å². The normalized spacial score (nSPS) is 22.8. The second-order valence-electron chi connectivity index (χ2n) is 5.49. The summed E-state index contributed by atoms with van der Waals surface area (Å²) in [7, 11) is -3.41. The van der Waals surface area contributed by atoms with Crippen molar-refractivity contribution in [3.63, 3.8) is 0 Å². The molecule has 8 heteroatoms. The maximum Gasteiger partial charge on any atom is 0.242 e. The average Bonchev–Trinajstić information content (AvgIpc) is 2.97. The Morgan fingerprint density at radius 1 is 1.33 bits per heavy atom. The van der Waals surface area contributed by atoms with Gasteiger partial charge in [-0.25, -0.2) is 13.1 Å². The van der Waals surface area contributed by atoms with Gasteiger partial charge in [-0.2, -0.15) is 11.8 Å². The molecule has 1 saturated carbocycles. The predicted octanol–water partition coefficient (Wildman–Crippen LogP) is 2.94. The van der Waals surface area contributed by atoms with Crippen molar-refractivity contribution < 1.29 is 8.42 Å². The predicted molar refractivity (Wildman–Crippen MR) is 92.5 cm³/mol. The zero-order valence-corrected chi connectivity index (χ0v) is 15.6. The average molecular weight is 411 g/mol. The van der Waals surface area contributed by atoms with Gasteiger partial charge in [0.15, 0.2) is 0 Å². The summed E-state index contributed by atoms with van der Waals surface area (Å²) < 4.78 is 28.3. The largest absolute Gasteiger partial charge is 0.309 e. The van der Waals surface area contributed by atoms with E-state index < -0.39 is 10.0 Å². The van der Waals surface area contributed by atoms with Crippen LogP contribution in [0.3, 0.4) is 0 Å². The number of hydrogen-bond acceptors (Lipinski definition) is 5. The standard InChI is InChI=1S/C13H19BrN2O2S3/c14-13-12(6-11(20-13)7-15-9-3-4-9)21(17,18)16-8-10-2-1-5-19-10/h6,9-10,15-16H,1-5,7-8H2. The lowest BCUT2D eigenvalue weighted by molar-refractivity contribution is 0.579. The lowest BCUT2D eigenvalue weighted by Gasteiger charge is -2.10. The Hall–Kier alpha value is 0.400. The summed E-state index contributed by atoms with van der Waals surface area (Å²) in [5.41, 5.74) is 0. The molecule has 1 saturated heterocycles. The monoisotopic (exact) mass is 410 g/mol. The highest BCUT2D eigenvalue weighted by atomic mass is 79.9. The van der Waals surface area contributed by atoms with Gasteiger partial charge >= 0.3 is 0 Å². The second-order valence-corrected chi connectivity index (χ2v) is 11.1. The van der Waals surface area contributed by atoms with Gasteiger partial charge in [0.1, 0.15) is 4.90 Å². The minimum atomic E-state index is -3.41. The topological polar surface area (TPSA) is 58.2 Å². The fourth-order valence-electron chi connectivity index (χ4n) is 2.29. The van der Waals surface area contributed by atoms with Crippen molar-refractivity contribution in [2.45, 2.75) is 48.4 Å². The van der Waals surface area contributed by atoms with Gasteiger partial charge in [-0.1, -0.05) is 0 Å². The number of rotatable bonds is 7. The van der Waals surface area contributed by atoms with Gasteiger partial charge in [0.05, 0.1) is 3.79 Å². The maximum absolute atomic E-state index is 12.4. The summed E-state index contributed by atoms with van der Waals surface area (Å²) in [6, 6.07) is 2.41. The molecule has 21 heavy (non-hydrogen) atoms. The Morgan fingerprint density at radius 3 is 2.81 bits per heavy atom. The molecule has 0 spiro atoms. The molecule has 0 amide bonds. The Bertz CT molecular complexity index is 593. The summed E-state index contributed by atoms with van der Waals surface area (Å²) in [5, 5.41) is 3.84. The van der Waals surface area contributed by atoms with Crippen molar-refractivity contribution in [3.8, 4) is 0 Å². The fraction of sp³-hybridized carbons (Fsp3) is 0.692. The Balaban J connectivity index is 1.62. The van der Waals surface area contributed by atoms with Crippen LogP contribution in [-0.4, -0.2) is 32.0 Å². The summed E-state index contributed by atoms with van der Waals surface area (Å²) in [6.07, 6.45) is 4.77. The first-order valence-corrected chi connectivity index (χ1v) is 11.3. The van der Waals surface area contributed by atoms with Crippen molar-refractivity contribution in [2.75, 3.05) is 12.3 Å².